The molecule has 0 bridgehead atoms. The van der Waals surface area contributed by atoms with Crippen molar-refractivity contribution in [1.82, 2.24) is 10.3 Å². The Bertz CT molecular complexity index is 550. The molecule has 0 amide bonds. The maximum atomic E-state index is 5.35. The van der Waals surface area contributed by atoms with Gasteiger partial charge in [-0.2, -0.15) is 0 Å². The molecule has 4 heteroatoms. The van der Waals surface area contributed by atoms with Crippen LogP contribution in [0.5, 0.6) is 5.75 Å². The Morgan fingerprint density at radius 1 is 1.39 bits per heavy atom. The zero-order valence-electron chi connectivity index (χ0n) is 10.4. The lowest BCUT2D eigenvalue weighted by Crippen LogP contribution is -2.22. The SMILES string of the molecule is COc1ccc(N[C@@H]2CCNC2)c2cccnc12. The number of pyridine rings is 1. The van der Waals surface area contributed by atoms with Gasteiger partial charge in [-0.05, 0) is 37.2 Å². The van der Waals surface area contributed by atoms with E-state index in [0.717, 1.165) is 41.9 Å². The molecule has 1 saturated heterocycles. The highest BCUT2D eigenvalue weighted by molar-refractivity contribution is 5.95. The first kappa shape index (κ1) is 11.3. The maximum Gasteiger partial charge on any atom is 0.145 e. The lowest BCUT2D eigenvalue weighted by atomic mass is 10.1. The van der Waals surface area contributed by atoms with Gasteiger partial charge in [0.25, 0.3) is 0 Å². The van der Waals surface area contributed by atoms with Gasteiger partial charge in [0.05, 0.1) is 7.11 Å². The van der Waals surface area contributed by atoms with Gasteiger partial charge >= 0.3 is 0 Å². The summed E-state index contributed by atoms with van der Waals surface area (Å²) in [7, 11) is 1.68. The Balaban J connectivity index is 2.01. The average molecular weight is 243 g/mol. The van der Waals surface area contributed by atoms with Crippen LogP contribution in [-0.2, 0) is 0 Å². The number of rotatable bonds is 3. The standard InChI is InChI=1S/C14H17N3O/c1-18-13-5-4-12(17-10-6-8-15-9-10)11-3-2-7-16-14(11)13/h2-5,7,10,15,17H,6,8-9H2,1H3/t10-/m1/s1. The fourth-order valence-electron chi connectivity index (χ4n) is 2.44. The second-order valence-electron chi connectivity index (χ2n) is 4.55. The quantitative estimate of drug-likeness (QED) is 0.865. The van der Waals surface area contributed by atoms with Crippen LogP contribution >= 0.6 is 0 Å². The second kappa shape index (κ2) is 4.82. The second-order valence-corrected chi connectivity index (χ2v) is 4.55. The Kier molecular flexibility index (Phi) is 3.02. The van der Waals surface area contributed by atoms with Crippen LogP contribution in [0.1, 0.15) is 6.42 Å². The van der Waals surface area contributed by atoms with Crippen molar-refractivity contribution >= 4 is 16.6 Å². The molecule has 0 saturated carbocycles. The average Bonchev–Trinajstić information content (AvgIpc) is 2.92. The fraction of sp³-hybridized carbons (Fsp3) is 0.357. The van der Waals surface area contributed by atoms with E-state index in [2.05, 4.69) is 27.8 Å². The van der Waals surface area contributed by atoms with E-state index in [4.69, 9.17) is 4.74 Å². The highest BCUT2D eigenvalue weighted by atomic mass is 16.5. The molecule has 1 aromatic carbocycles. The summed E-state index contributed by atoms with van der Waals surface area (Å²) in [5.41, 5.74) is 2.04. The molecule has 94 valence electrons. The molecular weight excluding hydrogens is 226 g/mol. The summed E-state index contributed by atoms with van der Waals surface area (Å²) in [6.45, 7) is 2.11. The van der Waals surface area contributed by atoms with E-state index in [1.54, 1.807) is 13.3 Å². The van der Waals surface area contributed by atoms with Gasteiger partial charge < -0.3 is 15.4 Å². The first-order valence-corrected chi connectivity index (χ1v) is 6.27. The number of ether oxygens (including phenoxy) is 1. The Labute approximate surface area is 106 Å². The molecule has 2 aromatic rings. The Hall–Kier alpha value is -1.81. The van der Waals surface area contributed by atoms with Crippen molar-refractivity contribution in [2.45, 2.75) is 12.5 Å². The van der Waals surface area contributed by atoms with E-state index in [-0.39, 0.29) is 0 Å². The number of nitrogens with one attached hydrogen (secondary N) is 2. The van der Waals surface area contributed by atoms with Crippen LogP contribution in [0, 0.1) is 0 Å². The van der Waals surface area contributed by atoms with Crippen LogP contribution in [0.4, 0.5) is 5.69 Å². The molecule has 0 radical (unpaired) electrons. The van der Waals surface area contributed by atoms with Crippen LogP contribution in [0.15, 0.2) is 30.5 Å². The van der Waals surface area contributed by atoms with Crippen LogP contribution in [0.25, 0.3) is 10.9 Å². The first-order valence-electron chi connectivity index (χ1n) is 6.27. The van der Waals surface area contributed by atoms with Crippen molar-refractivity contribution in [2.75, 3.05) is 25.5 Å². The van der Waals surface area contributed by atoms with Gasteiger partial charge in [-0.1, -0.05) is 0 Å². The highest BCUT2D eigenvalue weighted by Crippen LogP contribution is 2.30. The highest BCUT2D eigenvalue weighted by Gasteiger charge is 2.15. The van der Waals surface area contributed by atoms with Crippen LogP contribution < -0.4 is 15.4 Å². The molecule has 0 aliphatic carbocycles. The lowest BCUT2D eigenvalue weighted by Gasteiger charge is -2.16. The van der Waals surface area contributed by atoms with Crippen molar-refractivity contribution in [3.05, 3.63) is 30.5 Å². The number of anilines is 1. The molecule has 1 fully saturated rings. The summed E-state index contributed by atoms with van der Waals surface area (Å²) < 4.78 is 5.35. The molecule has 3 rings (SSSR count). The van der Waals surface area contributed by atoms with Crippen LogP contribution in [0.2, 0.25) is 0 Å². The Morgan fingerprint density at radius 3 is 3.11 bits per heavy atom. The number of hydrogen-bond donors (Lipinski definition) is 2. The smallest absolute Gasteiger partial charge is 0.145 e. The third-order valence-corrected chi connectivity index (χ3v) is 3.37. The molecule has 18 heavy (non-hydrogen) atoms. The van der Waals surface area contributed by atoms with E-state index < -0.39 is 0 Å². The van der Waals surface area contributed by atoms with Crippen molar-refractivity contribution in [3.63, 3.8) is 0 Å². The number of aromatic nitrogens is 1. The van der Waals surface area contributed by atoms with Gasteiger partial charge in [0.15, 0.2) is 0 Å². The van der Waals surface area contributed by atoms with E-state index in [1.165, 1.54) is 0 Å². The summed E-state index contributed by atoms with van der Waals surface area (Å²) >= 11 is 0. The Morgan fingerprint density at radius 2 is 2.33 bits per heavy atom. The van der Waals surface area contributed by atoms with Gasteiger partial charge in [-0.25, -0.2) is 0 Å². The van der Waals surface area contributed by atoms with Crippen LogP contribution in [0.3, 0.4) is 0 Å². The number of benzene rings is 1. The zero-order chi connectivity index (χ0) is 12.4. The molecule has 2 heterocycles. The molecule has 1 aliphatic rings. The molecule has 0 unspecified atom stereocenters. The largest absolute Gasteiger partial charge is 0.494 e. The summed E-state index contributed by atoms with van der Waals surface area (Å²) in [6.07, 6.45) is 2.96. The predicted molar refractivity (Wildman–Crippen MR) is 73.2 cm³/mol. The molecule has 0 spiro atoms. The van der Waals surface area contributed by atoms with Gasteiger partial charge in [-0.15, -0.1) is 0 Å². The first-order chi connectivity index (χ1) is 8.88. The summed E-state index contributed by atoms with van der Waals surface area (Å²) in [6, 6.07) is 8.58. The van der Waals surface area contributed by atoms with E-state index in [1.807, 2.05) is 12.1 Å². The molecule has 1 aliphatic heterocycles. The third kappa shape index (κ3) is 1.99. The minimum atomic E-state index is 0.502. The van der Waals surface area contributed by atoms with Crippen molar-refractivity contribution < 1.29 is 4.74 Å². The normalized spacial score (nSPS) is 19.1. The van der Waals surface area contributed by atoms with Crippen molar-refractivity contribution in [3.8, 4) is 5.75 Å². The minimum Gasteiger partial charge on any atom is -0.494 e. The monoisotopic (exact) mass is 243 g/mol. The van der Waals surface area contributed by atoms with Crippen molar-refractivity contribution in [1.29, 1.82) is 0 Å². The summed E-state index contributed by atoms with van der Waals surface area (Å²) in [5, 5.41) is 8.05. The molecule has 2 N–H and O–H groups in total. The molecule has 1 atom stereocenters. The zero-order valence-corrected chi connectivity index (χ0v) is 10.4. The maximum absolute atomic E-state index is 5.35. The van der Waals surface area contributed by atoms with Gasteiger partial charge in [0, 0.05) is 29.9 Å². The number of nitrogens with zero attached hydrogens (tertiary/aromatic N) is 1. The minimum absolute atomic E-state index is 0.502. The van der Waals surface area contributed by atoms with E-state index in [0.29, 0.717) is 6.04 Å². The van der Waals surface area contributed by atoms with Crippen LogP contribution in [-0.4, -0.2) is 31.2 Å². The van der Waals surface area contributed by atoms with E-state index in [9.17, 15) is 0 Å². The van der Waals surface area contributed by atoms with Gasteiger partial charge in [0.1, 0.15) is 11.3 Å². The van der Waals surface area contributed by atoms with Crippen molar-refractivity contribution in [2.24, 2.45) is 0 Å². The summed E-state index contributed by atoms with van der Waals surface area (Å²) in [4.78, 5) is 4.41. The number of methoxy groups -OCH3 is 1. The molecule has 1 aromatic heterocycles. The number of fused-ring (bicyclic) bond motifs is 1. The van der Waals surface area contributed by atoms with Gasteiger partial charge in [0.2, 0.25) is 0 Å². The molecule has 4 nitrogen and oxygen atoms in total. The summed E-state index contributed by atoms with van der Waals surface area (Å²) in [5.74, 6) is 0.820. The van der Waals surface area contributed by atoms with E-state index >= 15 is 0 Å². The topological polar surface area (TPSA) is 46.2 Å². The fourth-order valence-corrected chi connectivity index (χ4v) is 2.44. The molecular formula is C14H17N3O. The number of hydrogen-bond acceptors (Lipinski definition) is 4. The predicted octanol–water partition coefficient (Wildman–Crippen LogP) is 2.02. The lowest BCUT2D eigenvalue weighted by molar-refractivity contribution is 0.419. The third-order valence-electron chi connectivity index (χ3n) is 3.37. The van der Waals surface area contributed by atoms with Gasteiger partial charge in [-0.3, -0.25) is 4.98 Å².